The van der Waals surface area contributed by atoms with Crippen LogP contribution in [0.5, 0.6) is 0 Å². The Balaban J connectivity index is 0.00000121. The van der Waals surface area contributed by atoms with Crippen molar-refractivity contribution in [2.75, 3.05) is 0 Å². The normalized spacial score (nSPS) is 10.8. The second kappa shape index (κ2) is 6.13. The molecule has 20 heavy (non-hydrogen) atoms. The predicted molar refractivity (Wildman–Crippen MR) is 89.1 cm³/mol. The number of rotatable bonds is 2. The summed E-state index contributed by atoms with van der Waals surface area (Å²) in [4.78, 5) is 9.25. The van der Waals surface area contributed by atoms with Gasteiger partial charge < -0.3 is 0 Å². The fraction of sp³-hybridized carbons (Fsp3) is 0. The summed E-state index contributed by atoms with van der Waals surface area (Å²) in [5, 5.41) is 0. The van der Waals surface area contributed by atoms with E-state index in [4.69, 9.17) is 0 Å². The number of aromatic nitrogens is 2. The van der Waals surface area contributed by atoms with Crippen molar-refractivity contribution >= 4 is 84.4 Å². The quantitative estimate of drug-likeness (QED) is 0.501. The molecule has 4 aromatic rings. The molecule has 0 saturated carbocycles. The number of thiazole rings is 2. The Kier molecular flexibility index (Phi) is 4.45. The van der Waals surface area contributed by atoms with Crippen LogP contribution in [0.2, 0.25) is 0 Å². The van der Waals surface area contributed by atoms with E-state index in [1.165, 1.54) is 9.40 Å². The maximum atomic E-state index is 4.63. The third kappa shape index (κ3) is 2.79. The van der Waals surface area contributed by atoms with Crippen LogP contribution in [0.25, 0.3) is 20.4 Å². The zero-order valence-electron chi connectivity index (χ0n) is 10.7. The van der Waals surface area contributed by atoms with E-state index in [9.17, 15) is 0 Å². The van der Waals surface area contributed by atoms with Crippen molar-refractivity contribution in [1.29, 1.82) is 0 Å². The van der Waals surface area contributed by atoms with Crippen LogP contribution in [-0.4, -0.2) is 39.5 Å². The molecule has 0 unspecified atom stereocenters. The fourth-order valence-electron chi connectivity index (χ4n) is 1.86. The van der Waals surface area contributed by atoms with Gasteiger partial charge in [0.1, 0.15) is 0 Å². The predicted octanol–water partition coefficient (Wildman–Crippen LogP) is 4.68. The van der Waals surface area contributed by atoms with Gasteiger partial charge in [-0.15, -0.1) is 22.7 Å². The van der Waals surface area contributed by atoms with E-state index in [-0.39, 0.29) is 29.6 Å². The molecule has 93 valence electrons. The number of para-hydroxylation sites is 2. The van der Waals surface area contributed by atoms with Gasteiger partial charge in [-0.3, -0.25) is 0 Å². The van der Waals surface area contributed by atoms with Gasteiger partial charge in [0.25, 0.3) is 0 Å². The monoisotopic (exact) mass is 323 g/mol. The summed E-state index contributed by atoms with van der Waals surface area (Å²) < 4.78 is 4.57. The molecular weight excluding hydrogens is 315 g/mol. The first kappa shape index (κ1) is 14.5. The first-order valence-electron chi connectivity index (χ1n) is 5.77. The molecular formula is C14H8N2NaS3. The molecule has 0 bridgehead atoms. The molecule has 2 aromatic heterocycles. The van der Waals surface area contributed by atoms with Gasteiger partial charge in [-0.1, -0.05) is 24.3 Å². The maximum Gasteiger partial charge on any atom is 0.158 e. The van der Waals surface area contributed by atoms with Crippen LogP contribution in [0, 0.1) is 0 Å². The van der Waals surface area contributed by atoms with E-state index >= 15 is 0 Å². The Morgan fingerprint density at radius 2 is 1.15 bits per heavy atom. The maximum absolute atomic E-state index is 4.63. The Morgan fingerprint density at radius 3 is 1.60 bits per heavy atom. The van der Waals surface area contributed by atoms with Crippen LogP contribution in [0.4, 0.5) is 0 Å². The van der Waals surface area contributed by atoms with Crippen LogP contribution in [0.1, 0.15) is 0 Å². The molecule has 0 atom stereocenters. The zero-order valence-corrected chi connectivity index (χ0v) is 15.2. The third-order valence-electron chi connectivity index (χ3n) is 2.72. The fourth-order valence-corrected chi connectivity index (χ4v) is 5.20. The first-order chi connectivity index (χ1) is 9.38. The minimum atomic E-state index is 0. The Bertz CT molecular complexity index is 731. The number of benzene rings is 2. The summed E-state index contributed by atoms with van der Waals surface area (Å²) in [6.45, 7) is 0. The average Bonchev–Trinajstić information content (AvgIpc) is 3.00. The van der Waals surface area contributed by atoms with Crippen LogP contribution >= 0.6 is 34.4 Å². The van der Waals surface area contributed by atoms with E-state index in [1.807, 2.05) is 36.4 Å². The summed E-state index contributed by atoms with van der Waals surface area (Å²) in [5.74, 6) is 0. The Labute approximate surface area is 150 Å². The second-order valence-corrected chi connectivity index (χ2v) is 7.55. The van der Waals surface area contributed by atoms with Crippen molar-refractivity contribution in [1.82, 2.24) is 9.97 Å². The molecule has 0 aliphatic carbocycles. The molecule has 0 aliphatic rings. The molecule has 2 nitrogen and oxygen atoms in total. The van der Waals surface area contributed by atoms with Crippen LogP contribution < -0.4 is 0 Å². The molecule has 2 aromatic carbocycles. The SMILES string of the molecule is [Na].c1ccc2sc(Sc3nc4ccccc4s3)nc2c1. The summed E-state index contributed by atoms with van der Waals surface area (Å²) in [5.41, 5.74) is 2.13. The number of fused-ring (bicyclic) bond motifs is 2. The van der Waals surface area contributed by atoms with Crippen molar-refractivity contribution in [3.05, 3.63) is 48.5 Å². The van der Waals surface area contributed by atoms with E-state index in [1.54, 1.807) is 34.4 Å². The number of hydrogen-bond donors (Lipinski definition) is 0. The summed E-state index contributed by atoms with van der Waals surface area (Å²) in [7, 11) is 0. The van der Waals surface area contributed by atoms with Crippen LogP contribution in [-0.2, 0) is 0 Å². The summed E-state index contributed by atoms with van der Waals surface area (Å²) in [6, 6.07) is 16.5. The topological polar surface area (TPSA) is 25.8 Å². The van der Waals surface area contributed by atoms with Gasteiger partial charge in [-0.25, -0.2) is 9.97 Å². The molecule has 0 amide bonds. The zero-order chi connectivity index (χ0) is 12.7. The Morgan fingerprint density at radius 1 is 0.700 bits per heavy atom. The number of nitrogens with zero attached hydrogens (tertiary/aromatic N) is 2. The van der Waals surface area contributed by atoms with Crippen molar-refractivity contribution < 1.29 is 0 Å². The van der Waals surface area contributed by atoms with Crippen molar-refractivity contribution in [2.24, 2.45) is 0 Å². The van der Waals surface area contributed by atoms with Gasteiger partial charge in [0.05, 0.1) is 20.4 Å². The minimum Gasteiger partial charge on any atom is -0.229 e. The standard InChI is InChI=1S/C14H8N2S3.Na/c1-3-7-11-9(5-1)15-13(17-11)19-14-16-10-6-2-4-8-12(10)18-14;/h1-8H;. The van der Waals surface area contributed by atoms with Crippen molar-refractivity contribution in [3.8, 4) is 0 Å². The molecule has 0 spiro atoms. The average molecular weight is 323 g/mol. The molecule has 2 heterocycles. The van der Waals surface area contributed by atoms with E-state index < -0.39 is 0 Å². The van der Waals surface area contributed by atoms with Gasteiger partial charge in [0.2, 0.25) is 0 Å². The van der Waals surface area contributed by atoms with E-state index in [0.29, 0.717) is 0 Å². The van der Waals surface area contributed by atoms with Crippen LogP contribution in [0.15, 0.2) is 57.2 Å². The van der Waals surface area contributed by atoms with Crippen LogP contribution in [0.3, 0.4) is 0 Å². The van der Waals surface area contributed by atoms with Gasteiger partial charge in [0.15, 0.2) is 8.68 Å². The van der Waals surface area contributed by atoms with E-state index in [0.717, 1.165) is 19.7 Å². The molecule has 0 N–H and O–H groups in total. The largest absolute Gasteiger partial charge is 0.229 e. The third-order valence-corrected chi connectivity index (χ3v) is 5.92. The molecule has 4 rings (SSSR count). The van der Waals surface area contributed by atoms with E-state index in [2.05, 4.69) is 22.1 Å². The molecule has 0 aliphatic heterocycles. The smallest absolute Gasteiger partial charge is 0.158 e. The molecule has 0 fully saturated rings. The summed E-state index contributed by atoms with van der Waals surface area (Å²) in [6.07, 6.45) is 0. The molecule has 6 heteroatoms. The minimum absolute atomic E-state index is 0. The van der Waals surface area contributed by atoms with Crippen molar-refractivity contribution in [3.63, 3.8) is 0 Å². The number of hydrogen-bond acceptors (Lipinski definition) is 5. The van der Waals surface area contributed by atoms with Gasteiger partial charge >= 0.3 is 0 Å². The first-order valence-corrected chi connectivity index (χ1v) is 8.22. The molecule has 0 saturated heterocycles. The van der Waals surface area contributed by atoms with Gasteiger partial charge in [-0.05, 0) is 36.0 Å². The molecule has 1 radical (unpaired) electrons. The second-order valence-electron chi connectivity index (χ2n) is 4.00. The Hall–Kier alpha value is -0.430. The summed E-state index contributed by atoms with van der Waals surface area (Å²) >= 11 is 5.09. The van der Waals surface area contributed by atoms with Crippen molar-refractivity contribution in [2.45, 2.75) is 8.68 Å². The van der Waals surface area contributed by atoms with Gasteiger partial charge in [-0.2, -0.15) is 0 Å². The van der Waals surface area contributed by atoms with Gasteiger partial charge in [0, 0.05) is 29.6 Å².